The molecule has 2 aliphatic rings. The molecule has 168 valence electrons. The van der Waals surface area contributed by atoms with Crippen LogP contribution in [0.25, 0.3) is 0 Å². The van der Waals surface area contributed by atoms with Gasteiger partial charge in [0, 0.05) is 17.0 Å². The Morgan fingerprint density at radius 3 is 2.60 bits per heavy atom. The lowest BCUT2D eigenvalue weighted by atomic mass is 9.74. The number of rotatable bonds is 8. The fraction of sp³-hybridized carbons (Fsp3) is 0.720. The zero-order valence-electron chi connectivity index (χ0n) is 19.5. The Morgan fingerprint density at radius 1 is 1.20 bits per heavy atom. The molecule has 1 spiro atoms. The number of carbonyl (C=O) groups is 1. The summed E-state index contributed by atoms with van der Waals surface area (Å²) < 4.78 is 17.6. The predicted molar refractivity (Wildman–Crippen MR) is 119 cm³/mol. The van der Waals surface area contributed by atoms with Gasteiger partial charge in [0.15, 0.2) is 0 Å². The monoisotopic (exact) mass is 417 g/mol. The average Bonchev–Trinajstić information content (AvgIpc) is 3.04. The van der Waals surface area contributed by atoms with E-state index in [9.17, 15) is 4.79 Å². The predicted octanol–water partition coefficient (Wildman–Crippen LogP) is 5.10. The Balaban J connectivity index is 1.56. The topological polar surface area (TPSA) is 48.0 Å². The van der Waals surface area contributed by atoms with Gasteiger partial charge in [0.05, 0.1) is 13.2 Å². The first kappa shape index (κ1) is 22.9. The number of hydrogen-bond acceptors (Lipinski definition) is 5. The van der Waals surface area contributed by atoms with Gasteiger partial charge in [-0.2, -0.15) is 0 Å². The number of unbranched alkanes of at least 4 members (excludes halogenated alkanes) is 3. The minimum Gasteiger partial charge on any atom is -0.493 e. The molecule has 2 aliphatic heterocycles. The molecule has 1 unspecified atom stereocenters. The number of nitrogens with zero attached hydrogens (tertiary/aromatic N) is 1. The number of piperidine rings is 1. The highest BCUT2D eigenvalue weighted by atomic mass is 16.6. The summed E-state index contributed by atoms with van der Waals surface area (Å²) in [4.78, 5) is 14.7. The molecule has 2 heterocycles. The molecule has 1 saturated heterocycles. The van der Waals surface area contributed by atoms with Crippen LogP contribution in [0, 0.1) is 0 Å². The van der Waals surface area contributed by atoms with Crippen LogP contribution in [-0.2, 0) is 14.9 Å². The summed E-state index contributed by atoms with van der Waals surface area (Å²) in [7, 11) is 0. The SMILES string of the molecule is CCCCCCOc1ccc2c(c1)OCC21CCN(C(C)C(=O)OC(C)(C)C)CC1. The highest BCUT2D eigenvalue weighted by molar-refractivity contribution is 5.75. The van der Waals surface area contributed by atoms with Crippen molar-refractivity contribution in [1.82, 2.24) is 4.90 Å². The Kier molecular flexibility index (Phi) is 7.33. The van der Waals surface area contributed by atoms with Crippen molar-refractivity contribution in [2.24, 2.45) is 0 Å². The molecule has 0 saturated carbocycles. The maximum Gasteiger partial charge on any atom is 0.323 e. The second-order valence-corrected chi connectivity index (χ2v) is 9.88. The maximum absolute atomic E-state index is 12.4. The fourth-order valence-corrected chi connectivity index (χ4v) is 4.45. The van der Waals surface area contributed by atoms with Crippen molar-refractivity contribution in [2.75, 3.05) is 26.3 Å². The van der Waals surface area contributed by atoms with E-state index in [1.807, 2.05) is 27.7 Å². The molecule has 0 radical (unpaired) electrons. The first-order valence-electron chi connectivity index (χ1n) is 11.6. The van der Waals surface area contributed by atoms with Crippen molar-refractivity contribution < 1.29 is 19.0 Å². The molecule has 0 bridgehead atoms. The van der Waals surface area contributed by atoms with Crippen molar-refractivity contribution in [1.29, 1.82) is 0 Å². The van der Waals surface area contributed by atoms with E-state index < -0.39 is 5.60 Å². The summed E-state index contributed by atoms with van der Waals surface area (Å²) in [6, 6.07) is 6.12. The van der Waals surface area contributed by atoms with Crippen LogP contribution in [0.15, 0.2) is 18.2 Å². The van der Waals surface area contributed by atoms with Crippen LogP contribution < -0.4 is 9.47 Å². The minimum absolute atomic E-state index is 0.0547. The smallest absolute Gasteiger partial charge is 0.323 e. The summed E-state index contributed by atoms with van der Waals surface area (Å²) in [6.45, 7) is 13.2. The zero-order chi connectivity index (χ0) is 21.8. The van der Waals surface area contributed by atoms with Gasteiger partial charge in [0.2, 0.25) is 0 Å². The summed E-state index contributed by atoms with van der Waals surface area (Å²) in [5.41, 5.74) is 0.903. The van der Waals surface area contributed by atoms with Gasteiger partial charge in [-0.3, -0.25) is 9.69 Å². The molecule has 0 N–H and O–H groups in total. The summed E-state index contributed by atoms with van der Waals surface area (Å²) in [5.74, 6) is 1.73. The highest BCUT2D eigenvalue weighted by Gasteiger charge is 2.44. The fourth-order valence-electron chi connectivity index (χ4n) is 4.45. The summed E-state index contributed by atoms with van der Waals surface area (Å²) >= 11 is 0. The lowest BCUT2D eigenvalue weighted by Gasteiger charge is -2.40. The van der Waals surface area contributed by atoms with Crippen LogP contribution in [0.2, 0.25) is 0 Å². The largest absolute Gasteiger partial charge is 0.493 e. The minimum atomic E-state index is -0.448. The van der Waals surface area contributed by atoms with E-state index in [-0.39, 0.29) is 17.4 Å². The molecule has 1 aromatic carbocycles. The lowest BCUT2D eigenvalue weighted by Crippen LogP contribution is -2.50. The van der Waals surface area contributed by atoms with Gasteiger partial charge in [-0.25, -0.2) is 0 Å². The first-order valence-corrected chi connectivity index (χ1v) is 11.6. The van der Waals surface area contributed by atoms with Gasteiger partial charge in [0.1, 0.15) is 23.1 Å². The first-order chi connectivity index (χ1) is 14.2. The molecular formula is C25H39NO4. The molecule has 1 aromatic rings. The second-order valence-electron chi connectivity index (χ2n) is 9.88. The van der Waals surface area contributed by atoms with Gasteiger partial charge in [-0.05, 0) is 66.1 Å². The molecule has 0 aromatic heterocycles. The Morgan fingerprint density at radius 2 is 1.93 bits per heavy atom. The summed E-state index contributed by atoms with van der Waals surface area (Å²) in [6.07, 6.45) is 6.81. The molecule has 30 heavy (non-hydrogen) atoms. The van der Waals surface area contributed by atoms with Gasteiger partial charge < -0.3 is 14.2 Å². The molecule has 1 atom stereocenters. The Labute approximate surface area is 182 Å². The Bertz CT molecular complexity index is 716. The van der Waals surface area contributed by atoms with Crippen molar-refractivity contribution >= 4 is 5.97 Å². The van der Waals surface area contributed by atoms with E-state index >= 15 is 0 Å². The normalized spacial score (nSPS) is 19.2. The van der Waals surface area contributed by atoms with E-state index in [1.165, 1.54) is 24.8 Å². The molecule has 0 aliphatic carbocycles. The number of benzene rings is 1. The molecular weight excluding hydrogens is 378 g/mol. The van der Waals surface area contributed by atoms with E-state index in [4.69, 9.17) is 14.2 Å². The van der Waals surface area contributed by atoms with Crippen molar-refractivity contribution in [2.45, 2.75) is 90.2 Å². The number of fused-ring (bicyclic) bond motifs is 2. The molecule has 5 nitrogen and oxygen atoms in total. The summed E-state index contributed by atoms with van der Waals surface area (Å²) in [5, 5.41) is 0. The van der Waals surface area contributed by atoms with Gasteiger partial charge in [0.25, 0.3) is 0 Å². The quantitative estimate of drug-likeness (QED) is 0.435. The molecule has 3 rings (SSSR count). The maximum atomic E-state index is 12.4. The third kappa shape index (κ3) is 5.48. The second kappa shape index (κ2) is 9.59. The van der Waals surface area contributed by atoms with Crippen molar-refractivity contribution in [3.05, 3.63) is 23.8 Å². The molecule has 1 fully saturated rings. The standard InChI is InChI=1S/C25H39NO4/c1-6-7-8-9-16-28-20-10-11-21-22(17-20)29-18-25(21)12-14-26(15-13-25)19(2)23(27)30-24(3,4)5/h10-11,17,19H,6-9,12-16,18H2,1-5H3. The number of esters is 1. The van der Waals surface area contributed by atoms with Gasteiger partial charge in [-0.15, -0.1) is 0 Å². The van der Waals surface area contributed by atoms with E-state index in [0.717, 1.165) is 57.1 Å². The van der Waals surface area contributed by atoms with Crippen molar-refractivity contribution in [3.63, 3.8) is 0 Å². The van der Waals surface area contributed by atoms with E-state index in [0.29, 0.717) is 0 Å². The van der Waals surface area contributed by atoms with Crippen LogP contribution in [0.4, 0.5) is 0 Å². The van der Waals surface area contributed by atoms with Crippen LogP contribution in [0.1, 0.15) is 78.7 Å². The number of hydrogen-bond donors (Lipinski definition) is 0. The molecule has 0 amide bonds. The number of carbonyl (C=O) groups excluding carboxylic acids is 1. The average molecular weight is 418 g/mol. The Hall–Kier alpha value is -1.75. The molecule has 5 heteroatoms. The van der Waals surface area contributed by atoms with Crippen molar-refractivity contribution in [3.8, 4) is 11.5 Å². The third-order valence-corrected chi connectivity index (χ3v) is 6.35. The van der Waals surface area contributed by atoms with Crippen LogP contribution in [0.5, 0.6) is 11.5 Å². The van der Waals surface area contributed by atoms with Crippen LogP contribution in [-0.4, -0.2) is 48.8 Å². The van der Waals surface area contributed by atoms with Crippen LogP contribution >= 0.6 is 0 Å². The lowest BCUT2D eigenvalue weighted by molar-refractivity contribution is -0.161. The van der Waals surface area contributed by atoms with Crippen LogP contribution in [0.3, 0.4) is 0 Å². The number of likely N-dealkylation sites (tertiary alicyclic amines) is 1. The zero-order valence-corrected chi connectivity index (χ0v) is 19.5. The highest BCUT2D eigenvalue weighted by Crippen LogP contribution is 2.47. The van der Waals surface area contributed by atoms with E-state index in [1.54, 1.807) is 0 Å². The third-order valence-electron chi connectivity index (χ3n) is 6.35. The van der Waals surface area contributed by atoms with Gasteiger partial charge in [-0.1, -0.05) is 32.3 Å². The van der Waals surface area contributed by atoms with Gasteiger partial charge >= 0.3 is 5.97 Å². The van der Waals surface area contributed by atoms with E-state index in [2.05, 4.69) is 30.0 Å². The number of ether oxygens (including phenoxy) is 3.